The van der Waals surface area contributed by atoms with Crippen molar-refractivity contribution in [2.45, 2.75) is 19.5 Å². The van der Waals surface area contributed by atoms with Crippen LogP contribution >= 0.6 is 11.6 Å². The number of halogens is 2. The molecule has 4 rings (SSSR count). The number of carbonyl (C=O) groups is 1. The molecule has 2 heterocycles. The van der Waals surface area contributed by atoms with E-state index >= 15 is 0 Å². The van der Waals surface area contributed by atoms with E-state index in [4.69, 9.17) is 11.6 Å². The van der Waals surface area contributed by atoms with E-state index in [2.05, 4.69) is 25.5 Å². The molecule has 0 saturated carbocycles. The number of aromatic nitrogens is 4. The number of carbonyl (C=O) groups excluding carboxylic acids is 1. The van der Waals surface area contributed by atoms with E-state index in [0.29, 0.717) is 16.9 Å². The third kappa shape index (κ3) is 4.26. The van der Waals surface area contributed by atoms with Crippen molar-refractivity contribution in [2.24, 2.45) is 0 Å². The van der Waals surface area contributed by atoms with Crippen molar-refractivity contribution < 1.29 is 9.18 Å². The molecule has 0 unspecified atom stereocenters. The van der Waals surface area contributed by atoms with Crippen LogP contribution in [0.15, 0.2) is 59.8 Å². The zero-order valence-electron chi connectivity index (χ0n) is 16.4. The highest BCUT2D eigenvalue weighted by molar-refractivity contribution is 6.31. The zero-order chi connectivity index (χ0) is 22.0. The Kier molecular flexibility index (Phi) is 5.68. The number of rotatable bonds is 5. The molecule has 3 N–H and O–H groups in total. The maximum Gasteiger partial charge on any atom is 0.322 e. The average Bonchev–Trinajstić information content (AvgIpc) is 3.28. The predicted molar refractivity (Wildman–Crippen MR) is 115 cm³/mol. The van der Waals surface area contributed by atoms with Crippen LogP contribution in [-0.2, 0) is 6.54 Å². The zero-order valence-corrected chi connectivity index (χ0v) is 17.2. The van der Waals surface area contributed by atoms with Gasteiger partial charge in [-0.1, -0.05) is 29.8 Å². The number of H-pyrrole nitrogens is 2. The number of pyridine rings is 1. The van der Waals surface area contributed by atoms with Crippen LogP contribution in [0.25, 0.3) is 10.8 Å². The molecule has 0 aliphatic heterocycles. The Balaban J connectivity index is 1.71. The van der Waals surface area contributed by atoms with Gasteiger partial charge in [0.25, 0.3) is 5.56 Å². The number of nitrogens with one attached hydrogen (secondary N) is 3. The molecule has 0 spiro atoms. The standard InChI is InChI=1S/C21H18ClFN6O2/c1-12(16-9-24-20(30)15-5-3-2-4-14(15)16)29(10-19-25-11-26-28-19)21(31)27-13-6-7-18(23)17(22)8-13/h2-9,11-12H,10H2,1H3,(H,24,30)(H,27,31)(H,25,26,28)/t12-/m0/s1. The van der Waals surface area contributed by atoms with Crippen LogP contribution in [0.3, 0.4) is 0 Å². The van der Waals surface area contributed by atoms with E-state index in [1.165, 1.54) is 29.4 Å². The van der Waals surface area contributed by atoms with Gasteiger partial charge in [0, 0.05) is 17.3 Å². The summed E-state index contributed by atoms with van der Waals surface area (Å²) in [6.45, 7) is 1.96. The monoisotopic (exact) mass is 440 g/mol. The molecular formula is C21H18ClFN6O2. The van der Waals surface area contributed by atoms with Crippen molar-refractivity contribution in [2.75, 3.05) is 5.32 Å². The summed E-state index contributed by atoms with van der Waals surface area (Å²) in [5, 5.41) is 10.5. The highest BCUT2D eigenvalue weighted by atomic mass is 35.5. The lowest BCUT2D eigenvalue weighted by atomic mass is 10.0. The second kappa shape index (κ2) is 8.57. The fraction of sp³-hybridized carbons (Fsp3) is 0.143. The van der Waals surface area contributed by atoms with Crippen LogP contribution < -0.4 is 10.9 Å². The Morgan fingerprint density at radius 3 is 2.74 bits per heavy atom. The SMILES string of the molecule is C[C@@H](c1c[nH]c(=O)c2ccccc12)N(Cc1ncn[nH]1)C(=O)Nc1ccc(F)c(Cl)c1. The van der Waals surface area contributed by atoms with Crippen molar-refractivity contribution >= 4 is 34.1 Å². The molecule has 31 heavy (non-hydrogen) atoms. The number of aromatic amines is 2. The Labute approximate surface area is 181 Å². The van der Waals surface area contributed by atoms with Gasteiger partial charge >= 0.3 is 6.03 Å². The van der Waals surface area contributed by atoms with Gasteiger partial charge < -0.3 is 15.2 Å². The smallest absolute Gasteiger partial charge is 0.322 e. The summed E-state index contributed by atoms with van der Waals surface area (Å²) in [5.41, 5.74) is 0.887. The van der Waals surface area contributed by atoms with E-state index in [1.54, 1.807) is 18.3 Å². The molecule has 2 aromatic carbocycles. The number of benzene rings is 2. The van der Waals surface area contributed by atoms with Gasteiger partial charge in [0.05, 0.1) is 17.6 Å². The lowest BCUT2D eigenvalue weighted by Crippen LogP contribution is -2.37. The van der Waals surface area contributed by atoms with E-state index in [0.717, 1.165) is 10.9 Å². The first-order valence-corrected chi connectivity index (χ1v) is 9.79. The molecule has 0 aliphatic rings. The number of hydrogen-bond acceptors (Lipinski definition) is 4. The van der Waals surface area contributed by atoms with E-state index in [9.17, 15) is 14.0 Å². The molecule has 10 heteroatoms. The number of urea groups is 1. The maximum atomic E-state index is 13.5. The minimum Gasteiger partial charge on any atom is -0.328 e. The molecule has 0 fully saturated rings. The average molecular weight is 441 g/mol. The third-order valence-corrected chi connectivity index (χ3v) is 5.27. The first-order valence-electron chi connectivity index (χ1n) is 9.41. The number of nitrogens with zero attached hydrogens (tertiary/aromatic N) is 3. The van der Waals surface area contributed by atoms with Crippen molar-refractivity contribution in [3.8, 4) is 0 Å². The lowest BCUT2D eigenvalue weighted by molar-refractivity contribution is 0.187. The molecule has 0 radical (unpaired) electrons. The third-order valence-electron chi connectivity index (χ3n) is 4.98. The molecule has 0 bridgehead atoms. The molecule has 0 saturated heterocycles. The van der Waals surface area contributed by atoms with Gasteiger partial charge in [0.2, 0.25) is 0 Å². The summed E-state index contributed by atoms with van der Waals surface area (Å²) < 4.78 is 13.5. The van der Waals surface area contributed by atoms with Crippen LogP contribution in [0.2, 0.25) is 5.02 Å². The first-order chi connectivity index (χ1) is 14.9. The molecule has 1 atom stereocenters. The quantitative estimate of drug-likeness (QED) is 0.431. The summed E-state index contributed by atoms with van der Waals surface area (Å²) >= 11 is 5.83. The van der Waals surface area contributed by atoms with E-state index in [-0.39, 0.29) is 17.1 Å². The van der Waals surface area contributed by atoms with Crippen molar-refractivity contribution in [3.63, 3.8) is 0 Å². The maximum absolute atomic E-state index is 13.5. The van der Waals surface area contributed by atoms with Crippen LogP contribution in [0.5, 0.6) is 0 Å². The summed E-state index contributed by atoms with van der Waals surface area (Å²) in [6, 6.07) is 10.2. The largest absolute Gasteiger partial charge is 0.328 e. The summed E-state index contributed by atoms with van der Waals surface area (Å²) in [5.74, 6) is -0.0980. The van der Waals surface area contributed by atoms with Crippen LogP contribution in [-0.4, -0.2) is 31.1 Å². The number of amides is 2. The highest BCUT2D eigenvalue weighted by Gasteiger charge is 2.25. The molecular weight excluding hydrogens is 423 g/mol. The van der Waals surface area contributed by atoms with Gasteiger partial charge in [-0.05, 0) is 42.1 Å². The van der Waals surface area contributed by atoms with Gasteiger partial charge in [-0.2, -0.15) is 5.10 Å². The van der Waals surface area contributed by atoms with Crippen LogP contribution in [0, 0.1) is 5.82 Å². The summed E-state index contributed by atoms with van der Waals surface area (Å²) in [4.78, 5) is 33.8. The van der Waals surface area contributed by atoms with E-state index < -0.39 is 17.9 Å². The van der Waals surface area contributed by atoms with Gasteiger partial charge in [-0.3, -0.25) is 9.89 Å². The second-order valence-electron chi connectivity index (χ2n) is 6.91. The minimum absolute atomic E-state index is 0.0979. The number of anilines is 1. The predicted octanol–water partition coefficient (Wildman–Crippen LogP) is 4.23. The first kappa shape index (κ1) is 20.5. The molecule has 2 aromatic heterocycles. The van der Waals surface area contributed by atoms with Gasteiger partial charge in [0.1, 0.15) is 18.0 Å². The molecule has 4 aromatic rings. The van der Waals surface area contributed by atoms with E-state index in [1.807, 2.05) is 19.1 Å². The second-order valence-corrected chi connectivity index (χ2v) is 7.32. The fourth-order valence-corrected chi connectivity index (χ4v) is 3.55. The van der Waals surface area contributed by atoms with Crippen molar-refractivity contribution in [3.05, 3.63) is 87.6 Å². The van der Waals surface area contributed by atoms with Crippen molar-refractivity contribution in [1.29, 1.82) is 0 Å². The van der Waals surface area contributed by atoms with Crippen LogP contribution in [0.1, 0.15) is 24.4 Å². The Bertz CT molecular complexity index is 1290. The highest BCUT2D eigenvalue weighted by Crippen LogP contribution is 2.28. The molecule has 2 amide bonds. The Hall–Kier alpha value is -3.72. The Morgan fingerprint density at radius 2 is 2.03 bits per heavy atom. The van der Waals surface area contributed by atoms with Gasteiger partial charge in [0.15, 0.2) is 0 Å². The molecule has 158 valence electrons. The Morgan fingerprint density at radius 1 is 1.26 bits per heavy atom. The topological polar surface area (TPSA) is 107 Å². The molecule has 0 aliphatic carbocycles. The molecule has 8 nitrogen and oxygen atoms in total. The lowest BCUT2D eigenvalue weighted by Gasteiger charge is -2.29. The minimum atomic E-state index is -0.578. The fourth-order valence-electron chi connectivity index (χ4n) is 3.37. The normalized spacial score (nSPS) is 12.0. The summed E-state index contributed by atoms with van der Waals surface area (Å²) in [6.07, 6.45) is 2.95. The van der Waals surface area contributed by atoms with Crippen LogP contribution in [0.4, 0.5) is 14.9 Å². The summed E-state index contributed by atoms with van der Waals surface area (Å²) in [7, 11) is 0. The number of fused-ring (bicyclic) bond motifs is 1. The van der Waals surface area contributed by atoms with Gasteiger partial charge in [-0.25, -0.2) is 14.2 Å². The van der Waals surface area contributed by atoms with Crippen molar-refractivity contribution in [1.82, 2.24) is 25.1 Å². The van der Waals surface area contributed by atoms with Gasteiger partial charge in [-0.15, -0.1) is 0 Å². The number of hydrogen-bond donors (Lipinski definition) is 3.